The second-order valence-electron chi connectivity index (χ2n) is 3.89. The maximum atomic E-state index is 5.73. The molecule has 0 N–H and O–H groups in total. The lowest BCUT2D eigenvalue weighted by molar-refractivity contribution is -0.0673. The number of rotatable bonds is 0. The summed E-state index contributed by atoms with van der Waals surface area (Å²) in [5.41, 5.74) is 0. The molecule has 2 rings (SSSR count). The Labute approximate surface area is 73.6 Å². The van der Waals surface area contributed by atoms with E-state index in [2.05, 4.69) is 25.8 Å². The molecule has 0 bridgehead atoms. The molecule has 0 saturated carbocycles. The van der Waals surface area contributed by atoms with Gasteiger partial charge in [0.05, 0.1) is 18.8 Å². The van der Waals surface area contributed by atoms with Gasteiger partial charge in [-0.3, -0.25) is 4.90 Å². The van der Waals surface area contributed by atoms with Crippen molar-refractivity contribution < 1.29 is 9.47 Å². The Hall–Kier alpha value is -0.120. The van der Waals surface area contributed by atoms with Crippen LogP contribution in [0.2, 0.25) is 0 Å². The first-order valence-electron chi connectivity index (χ1n) is 4.67. The number of nitrogens with zero attached hydrogens (tertiary/aromatic N) is 1. The first kappa shape index (κ1) is 8.48. The number of ether oxygens (including phenoxy) is 2. The quantitative estimate of drug-likeness (QED) is 0.539. The third kappa shape index (κ3) is 1.26. The van der Waals surface area contributed by atoms with Crippen LogP contribution in [0.3, 0.4) is 0 Å². The normalized spacial score (nSPS) is 49.2. The number of hydrogen-bond donors (Lipinski definition) is 0. The van der Waals surface area contributed by atoms with Crippen LogP contribution in [0.5, 0.6) is 0 Å². The van der Waals surface area contributed by atoms with E-state index in [9.17, 15) is 0 Å². The average molecular weight is 171 g/mol. The maximum absolute atomic E-state index is 5.73. The van der Waals surface area contributed by atoms with E-state index in [0.717, 1.165) is 13.0 Å². The second kappa shape index (κ2) is 2.98. The van der Waals surface area contributed by atoms with Crippen molar-refractivity contribution in [2.24, 2.45) is 0 Å². The van der Waals surface area contributed by atoms with Crippen LogP contribution in [0.4, 0.5) is 0 Å². The number of hydrogen-bond acceptors (Lipinski definition) is 3. The molecule has 0 aromatic carbocycles. The van der Waals surface area contributed by atoms with Gasteiger partial charge in [-0.05, 0) is 27.3 Å². The number of fused-ring (bicyclic) bond motifs is 1. The van der Waals surface area contributed by atoms with E-state index >= 15 is 0 Å². The molecule has 2 aliphatic rings. The van der Waals surface area contributed by atoms with Crippen molar-refractivity contribution in [1.82, 2.24) is 4.90 Å². The molecule has 3 nitrogen and oxygen atoms in total. The summed E-state index contributed by atoms with van der Waals surface area (Å²) < 4.78 is 11.3. The molecule has 70 valence electrons. The summed E-state index contributed by atoms with van der Waals surface area (Å²) in [5, 5.41) is 0. The fourth-order valence-corrected chi connectivity index (χ4v) is 2.11. The van der Waals surface area contributed by atoms with Crippen molar-refractivity contribution >= 4 is 0 Å². The highest BCUT2D eigenvalue weighted by atomic mass is 16.6. The van der Waals surface area contributed by atoms with E-state index in [4.69, 9.17) is 9.47 Å². The Bertz CT molecular complexity index is 174. The summed E-state index contributed by atoms with van der Waals surface area (Å²) in [6, 6.07) is 0.573. The van der Waals surface area contributed by atoms with Crippen molar-refractivity contribution in [2.75, 3.05) is 13.7 Å². The van der Waals surface area contributed by atoms with Crippen LogP contribution in [-0.2, 0) is 9.47 Å². The van der Waals surface area contributed by atoms with E-state index in [-0.39, 0.29) is 6.23 Å². The minimum Gasteiger partial charge on any atom is -0.376 e. The third-order valence-corrected chi connectivity index (χ3v) is 3.02. The summed E-state index contributed by atoms with van der Waals surface area (Å²) in [4.78, 5) is 2.31. The van der Waals surface area contributed by atoms with Gasteiger partial charge in [0.25, 0.3) is 0 Å². The first-order valence-corrected chi connectivity index (χ1v) is 4.67. The Balaban J connectivity index is 2.05. The molecule has 2 aliphatic heterocycles. The monoisotopic (exact) mass is 171 g/mol. The highest BCUT2D eigenvalue weighted by Gasteiger charge is 2.41. The first-order chi connectivity index (χ1) is 5.68. The summed E-state index contributed by atoms with van der Waals surface area (Å²) in [6.07, 6.45) is 2.06. The minimum atomic E-state index is 0.258. The predicted molar refractivity (Wildman–Crippen MR) is 45.9 cm³/mol. The Morgan fingerprint density at radius 3 is 2.83 bits per heavy atom. The topological polar surface area (TPSA) is 21.7 Å². The Morgan fingerprint density at radius 1 is 1.33 bits per heavy atom. The molecule has 2 heterocycles. The smallest absolute Gasteiger partial charge is 0.108 e. The van der Waals surface area contributed by atoms with E-state index in [1.807, 2.05) is 0 Å². The molecule has 1 unspecified atom stereocenters. The lowest BCUT2D eigenvalue weighted by Gasteiger charge is -2.31. The second-order valence-corrected chi connectivity index (χ2v) is 3.89. The molecule has 0 radical (unpaired) electrons. The van der Waals surface area contributed by atoms with Gasteiger partial charge in [-0.15, -0.1) is 0 Å². The molecule has 12 heavy (non-hydrogen) atoms. The summed E-state index contributed by atoms with van der Waals surface area (Å²) >= 11 is 0. The molecule has 0 aromatic heterocycles. The zero-order chi connectivity index (χ0) is 8.72. The van der Waals surface area contributed by atoms with Crippen LogP contribution < -0.4 is 0 Å². The molecule has 4 atom stereocenters. The van der Waals surface area contributed by atoms with Crippen molar-refractivity contribution in [3.63, 3.8) is 0 Å². The third-order valence-electron chi connectivity index (χ3n) is 3.02. The zero-order valence-electron chi connectivity index (χ0n) is 7.99. The van der Waals surface area contributed by atoms with E-state index in [1.165, 1.54) is 0 Å². The molecular formula is C9H17NO2. The molecule has 0 spiro atoms. The van der Waals surface area contributed by atoms with Crippen molar-refractivity contribution in [3.05, 3.63) is 0 Å². The predicted octanol–water partition coefficient (Wildman–Crippen LogP) is 0.840. The van der Waals surface area contributed by atoms with Gasteiger partial charge in [-0.2, -0.15) is 0 Å². The summed E-state index contributed by atoms with van der Waals surface area (Å²) in [7, 11) is 2.13. The van der Waals surface area contributed by atoms with Crippen LogP contribution in [0.15, 0.2) is 0 Å². The molecule has 2 saturated heterocycles. The van der Waals surface area contributed by atoms with E-state index < -0.39 is 0 Å². The Morgan fingerprint density at radius 2 is 2.08 bits per heavy atom. The van der Waals surface area contributed by atoms with Crippen LogP contribution >= 0.6 is 0 Å². The standard InChI is InChI=1S/C9H17NO2/c1-6-4-8-9(5-11-6)12-7(2)10(8)3/h6-9H,4-5H2,1-3H3/t6-,7?,8+,9+/m1/s1. The van der Waals surface area contributed by atoms with Gasteiger partial charge in [0.1, 0.15) is 6.23 Å². The largest absolute Gasteiger partial charge is 0.376 e. The number of likely N-dealkylation sites (N-methyl/N-ethyl adjacent to an activating group) is 1. The molecule has 3 heteroatoms. The molecule has 2 fully saturated rings. The highest BCUT2D eigenvalue weighted by molar-refractivity contribution is 4.89. The lowest BCUT2D eigenvalue weighted by atomic mass is 10.0. The molecule has 0 aliphatic carbocycles. The van der Waals surface area contributed by atoms with Crippen molar-refractivity contribution in [2.45, 2.75) is 44.7 Å². The lowest BCUT2D eigenvalue weighted by Crippen LogP contribution is -2.43. The molecular weight excluding hydrogens is 154 g/mol. The highest BCUT2D eigenvalue weighted by Crippen LogP contribution is 2.29. The fourth-order valence-electron chi connectivity index (χ4n) is 2.11. The van der Waals surface area contributed by atoms with Gasteiger partial charge >= 0.3 is 0 Å². The maximum Gasteiger partial charge on any atom is 0.108 e. The van der Waals surface area contributed by atoms with E-state index in [0.29, 0.717) is 18.2 Å². The van der Waals surface area contributed by atoms with Crippen LogP contribution in [0, 0.1) is 0 Å². The Kier molecular flexibility index (Phi) is 2.10. The van der Waals surface area contributed by atoms with Gasteiger partial charge in [0.15, 0.2) is 0 Å². The summed E-state index contributed by atoms with van der Waals surface area (Å²) in [5.74, 6) is 0. The SMILES string of the molecule is CC1O[C@H]2CO[C@H](C)C[C@@H]2N1C. The average Bonchev–Trinajstić information content (AvgIpc) is 2.31. The van der Waals surface area contributed by atoms with Gasteiger partial charge < -0.3 is 9.47 Å². The van der Waals surface area contributed by atoms with Crippen LogP contribution in [-0.4, -0.2) is 43.0 Å². The van der Waals surface area contributed by atoms with Crippen molar-refractivity contribution in [1.29, 1.82) is 0 Å². The summed E-state index contributed by atoms with van der Waals surface area (Å²) in [6.45, 7) is 5.00. The fraction of sp³-hybridized carbons (Fsp3) is 1.00. The van der Waals surface area contributed by atoms with Crippen LogP contribution in [0.1, 0.15) is 20.3 Å². The van der Waals surface area contributed by atoms with Gasteiger partial charge in [0.2, 0.25) is 0 Å². The van der Waals surface area contributed by atoms with Crippen molar-refractivity contribution in [3.8, 4) is 0 Å². The zero-order valence-corrected chi connectivity index (χ0v) is 7.99. The van der Waals surface area contributed by atoms with Gasteiger partial charge in [-0.1, -0.05) is 0 Å². The van der Waals surface area contributed by atoms with Gasteiger partial charge in [-0.25, -0.2) is 0 Å². The van der Waals surface area contributed by atoms with Gasteiger partial charge in [0, 0.05) is 6.04 Å². The minimum absolute atomic E-state index is 0.258. The molecule has 0 amide bonds. The van der Waals surface area contributed by atoms with Crippen LogP contribution in [0.25, 0.3) is 0 Å². The van der Waals surface area contributed by atoms with E-state index in [1.54, 1.807) is 0 Å². The molecule has 0 aromatic rings.